The van der Waals surface area contributed by atoms with Gasteiger partial charge in [0.25, 0.3) is 0 Å². The Morgan fingerprint density at radius 3 is 2.80 bits per heavy atom. The van der Waals surface area contributed by atoms with Gasteiger partial charge in [-0.1, -0.05) is 12.1 Å². The van der Waals surface area contributed by atoms with E-state index in [9.17, 15) is 14.0 Å². The second-order valence-electron chi connectivity index (χ2n) is 4.11. The van der Waals surface area contributed by atoms with Gasteiger partial charge in [-0.05, 0) is 24.1 Å². The van der Waals surface area contributed by atoms with Crippen molar-refractivity contribution in [1.82, 2.24) is 4.90 Å². The number of aryl methyl sites for hydroxylation is 1. The molecule has 0 aliphatic carbocycles. The van der Waals surface area contributed by atoms with E-state index in [1.54, 1.807) is 12.1 Å². The Bertz CT molecular complexity index is 525. The van der Waals surface area contributed by atoms with E-state index in [4.69, 9.17) is 5.26 Å². The quantitative estimate of drug-likeness (QED) is 0.580. The lowest BCUT2D eigenvalue weighted by Gasteiger charge is -2.17. The fourth-order valence-electron chi connectivity index (χ4n) is 1.64. The maximum Gasteiger partial charge on any atom is 0.325 e. The topological polar surface area (TPSA) is 70.4 Å². The summed E-state index contributed by atoms with van der Waals surface area (Å²) < 4.78 is 17.5. The number of halogens is 1. The standard InChI is InChI=1S/C14H15FN2O3/c1-20-14(19)10-17(8-7-16)13(18)6-5-11-3-2-4-12(15)9-11/h2-4,9H,5-6,8,10H2,1H3. The first kappa shape index (κ1) is 15.6. The average molecular weight is 278 g/mol. The van der Waals surface area contributed by atoms with Crippen LogP contribution < -0.4 is 0 Å². The van der Waals surface area contributed by atoms with Crippen molar-refractivity contribution >= 4 is 11.9 Å². The van der Waals surface area contributed by atoms with Gasteiger partial charge in [-0.15, -0.1) is 0 Å². The molecule has 0 aliphatic rings. The van der Waals surface area contributed by atoms with Gasteiger partial charge < -0.3 is 9.64 Å². The van der Waals surface area contributed by atoms with Crippen molar-refractivity contribution in [3.05, 3.63) is 35.6 Å². The Labute approximate surface area is 116 Å². The highest BCUT2D eigenvalue weighted by Gasteiger charge is 2.17. The van der Waals surface area contributed by atoms with Crippen molar-refractivity contribution in [3.63, 3.8) is 0 Å². The molecule has 0 N–H and O–H groups in total. The number of methoxy groups -OCH3 is 1. The lowest BCUT2D eigenvalue weighted by atomic mass is 10.1. The van der Waals surface area contributed by atoms with Crippen LogP contribution in [0, 0.1) is 17.1 Å². The smallest absolute Gasteiger partial charge is 0.325 e. The lowest BCUT2D eigenvalue weighted by molar-refractivity contribution is -0.146. The Morgan fingerprint density at radius 2 is 2.20 bits per heavy atom. The highest BCUT2D eigenvalue weighted by molar-refractivity contribution is 5.82. The second kappa shape index (κ2) is 7.89. The summed E-state index contributed by atoms with van der Waals surface area (Å²) in [5.41, 5.74) is 0.688. The minimum atomic E-state index is -0.584. The zero-order valence-corrected chi connectivity index (χ0v) is 11.1. The maximum absolute atomic E-state index is 13.0. The first-order chi connectivity index (χ1) is 9.56. The van der Waals surface area contributed by atoms with Crippen molar-refractivity contribution in [1.29, 1.82) is 5.26 Å². The van der Waals surface area contributed by atoms with Crippen molar-refractivity contribution < 1.29 is 18.7 Å². The van der Waals surface area contributed by atoms with Crippen molar-refractivity contribution in [3.8, 4) is 6.07 Å². The SMILES string of the molecule is COC(=O)CN(CC#N)C(=O)CCc1cccc(F)c1. The summed E-state index contributed by atoms with van der Waals surface area (Å²) in [6.07, 6.45) is 0.446. The molecular weight excluding hydrogens is 263 g/mol. The first-order valence-electron chi connectivity index (χ1n) is 6.02. The van der Waals surface area contributed by atoms with Crippen LogP contribution in [0.3, 0.4) is 0 Å². The van der Waals surface area contributed by atoms with Crippen LogP contribution in [0.25, 0.3) is 0 Å². The van der Waals surface area contributed by atoms with Crippen molar-refractivity contribution in [2.45, 2.75) is 12.8 Å². The minimum absolute atomic E-state index is 0.0993. The molecule has 1 rings (SSSR count). The molecule has 0 heterocycles. The van der Waals surface area contributed by atoms with Gasteiger partial charge in [-0.2, -0.15) is 5.26 Å². The number of benzene rings is 1. The molecule has 20 heavy (non-hydrogen) atoms. The lowest BCUT2D eigenvalue weighted by Crippen LogP contribution is -2.36. The second-order valence-corrected chi connectivity index (χ2v) is 4.11. The number of rotatable bonds is 6. The molecule has 6 heteroatoms. The molecule has 0 fully saturated rings. The number of hydrogen-bond acceptors (Lipinski definition) is 4. The van der Waals surface area contributed by atoms with Crippen LogP contribution in [-0.2, 0) is 20.7 Å². The Morgan fingerprint density at radius 1 is 1.45 bits per heavy atom. The summed E-state index contributed by atoms with van der Waals surface area (Å²) in [5, 5.41) is 8.65. The molecule has 106 valence electrons. The van der Waals surface area contributed by atoms with Crippen molar-refractivity contribution in [2.75, 3.05) is 20.2 Å². The molecule has 0 saturated carbocycles. The molecule has 0 atom stereocenters. The van der Waals surface area contributed by atoms with Gasteiger partial charge in [-0.25, -0.2) is 4.39 Å². The normalized spacial score (nSPS) is 9.65. The predicted molar refractivity (Wildman–Crippen MR) is 68.9 cm³/mol. The van der Waals surface area contributed by atoms with Crippen LogP contribution in [0.2, 0.25) is 0 Å². The minimum Gasteiger partial charge on any atom is -0.468 e. The molecule has 0 spiro atoms. The summed E-state index contributed by atoms with van der Waals surface area (Å²) in [6.45, 7) is -0.441. The summed E-state index contributed by atoms with van der Waals surface area (Å²) in [6, 6.07) is 7.78. The number of carbonyl (C=O) groups is 2. The molecule has 1 amide bonds. The number of nitriles is 1. The van der Waals surface area contributed by atoms with E-state index < -0.39 is 5.97 Å². The van der Waals surface area contributed by atoms with E-state index in [-0.39, 0.29) is 31.2 Å². The molecule has 1 aromatic rings. The Hall–Kier alpha value is -2.42. The van der Waals surface area contributed by atoms with E-state index in [0.717, 1.165) is 4.90 Å². The zero-order valence-electron chi connectivity index (χ0n) is 11.1. The number of amides is 1. The Balaban J connectivity index is 2.58. The molecule has 0 saturated heterocycles. The Kier molecular flexibility index (Phi) is 6.17. The fourth-order valence-corrected chi connectivity index (χ4v) is 1.64. The van der Waals surface area contributed by atoms with Crippen LogP contribution >= 0.6 is 0 Å². The number of esters is 1. The van der Waals surface area contributed by atoms with Gasteiger partial charge in [0.15, 0.2) is 0 Å². The van der Waals surface area contributed by atoms with E-state index in [2.05, 4.69) is 4.74 Å². The molecule has 0 bridgehead atoms. The summed E-state index contributed by atoms with van der Waals surface area (Å²) in [7, 11) is 1.21. The van der Waals surface area contributed by atoms with E-state index in [1.165, 1.54) is 19.2 Å². The number of ether oxygens (including phenoxy) is 1. The number of nitrogens with zero attached hydrogens (tertiary/aromatic N) is 2. The summed E-state index contributed by atoms with van der Waals surface area (Å²) in [5.74, 6) is -1.29. The van der Waals surface area contributed by atoms with E-state index in [1.807, 2.05) is 6.07 Å². The van der Waals surface area contributed by atoms with Crippen LogP contribution in [0.5, 0.6) is 0 Å². The van der Waals surface area contributed by atoms with Gasteiger partial charge in [-0.3, -0.25) is 9.59 Å². The molecule has 0 aliphatic heterocycles. The summed E-state index contributed by atoms with van der Waals surface area (Å²) >= 11 is 0. The fraction of sp³-hybridized carbons (Fsp3) is 0.357. The van der Waals surface area contributed by atoms with Gasteiger partial charge in [0.1, 0.15) is 18.9 Å². The predicted octanol–water partition coefficient (Wildman–Crippen LogP) is 1.28. The van der Waals surface area contributed by atoms with Crippen LogP contribution in [-0.4, -0.2) is 37.0 Å². The first-order valence-corrected chi connectivity index (χ1v) is 6.02. The third kappa shape index (κ3) is 5.06. The van der Waals surface area contributed by atoms with Crippen molar-refractivity contribution in [2.24, 2.45) is 0 Å². The molecule has 0 radical (unpaired) electrons. The highest BCUT2D eigenvalue weighted by atomic mass is 19.1. The number of hydrogen-bond donors (Lipinski definition) is 0. The third-order valence-electron chi connectivity index (χ3n) is 2.68. The van der Waals surface area contributed by atoms with Gasteiger partial charge in [0.2, 0.25) is 5.91 Å². The van der Waals surface area contributed by atoms with E-state index in [0.29, 0.717) is 12.0 Å². The average Bonchev–Trinajstić information content (AvgIpc) is 2.44. The summed E-state index contributed by atoms with van der Waals surface area (Å²) in [4.78, 5) is 24.2. The van der Waals surface area contributed by atoms with E-state index >= 15 is 0 Å². The van der Waals surface area contributed by atoms with Gasteiger partial charge in [0, 0.05) is 6.42 Å². The third-order valence-corrected chi connectivity index (χ3v) is 2.68. The monoisotopic (exact) mass is 278 g/mol. The zero-order chi connectivity index (χ0) is 15.0. The van der Waals surface area contributed by atoms with Gasteiger partial charge in [0.05, 0.1) is 13.2 Å². The molecule has 5 nitrogen and oxygen atoms in total. The van der Waals surface area contributed by atoms with Gasteiger partial charge >= 0.3 is 5.97 Å². The molecule has 0 aromatic heterocycles. The van der Waals surface area contributed by atoms with Crippen LogP contribution in [0.4, 0.5) is 4.39 Å². The molecular formula is C14H15FN2O3. The largest absolute Gasteiger partial charge is 0.468 e. The van der Waals surface area contributed by atoms with Crippen LogP contribution in [0.1, 0.15) is 12.0 Å². The maximum atomic E-state index is 13.0. The molecule has 1 aromatic carbocycles. The number of carbonyl (C=O) groups excluding carboxylic acids is 2. The molecule has 0 unspecified atom stereocenters. The van der Waals surface area contributed by atoms with Crippen LogP contribution in [0.15, 0.2) is 24.3 Å². The highest BCUT2D eigenvalue weighted by Crippen LogP contribution is 2.07.